The molecule has 7 nitrogen and oxygen atoms in total. The number of rotatable bonds is 6. The fourth-order valence-electron chi connectivity index (χ4n) is 3.55. The van der Waals surface area contributed by atoms with Crippen LogP contribution in [0.4, 0.5) is 15.8 Å². The summed E-state index contributed by atoms with van der Waals surface area (Å²) in [5, 5.41) is 2.80. The van der Waals surface area contributed by atoms with E-state index in [9.17, 15) is 17.6 Å². The van der Waals surface area contributed by atoms with Gasteiger partial charge in [-0.15, -0.1) is 0 Å². The Morgan fingerprint density at radius 3 is 2.27 bits per heavy atom. The number of carbonyl (C=O) groups excluding carboxylic acids is 1. The highest BCUT2D eigenvalue weighted by atomic mass is 32.2. The molecular formula is C24H23FN2O5S. The first-order valence-electron chi connectivity index (χ1n) is 10.3. The van der Waals surface area contributed by atoms with Crippen LogP contribution >= 0.6 is 0 Å². The molecule has 0 bridgehead atoms. The number of aryl methyl sites for hydroxylation is 2. The number of sulfonamides is 1. The molecule has 3 aromatic carbocycles. The van der Waals surface area contributed by atoms with Gasteiger partial charge in [-0.3, -0.25) is 9.10 Å². The molecule has 1 aliphatic rings. The first-order valence-corrected chi connectivity index (χ1v) is 11.7. The van der Waals surface area contributed by atoms with Gasteiger partial charge in [-0.05, 0) is 61.4 Å². The maximum absolute atomic E-state index is 13.6. The third-order valence-electron chi connectivity index (χ3n) is 5.25. The lowest BCUT2D eigenvalue weighted by Gasteiger charge is -2.25. The zero-order valence-electron chi connectivity index (χ0n) is 18.2. The molecule has 0 spiro atoms. The van der Waals surface area contributed by atoms with Gasteiger partial charge in [-0.1, -0.05) is 18.2 Å². The molecule has 0 fully saturated rings. The Hall–Kier alpha value is -3.59. The molecule has 0 aliphatic carbocycles. The van der Waals surface area contributed by atoms with Crippen molar-refractivity contribution in [3.8, 4) is 11.5 Å². The lowest BCUT2D eigenvalue weighted by molar-refractivity contribution is -0.114. The van der Waals surface area contributed by atoms with Gasteiger partial charge in [0, 0.05) is 11.8 Å². The summed E-state index contributed by atoms with van der Waals surface area (Å²) < 4.78 is 52.6. The minimum absolute atomic E-state index is 0.0732. The molecule has 0 atom stereocenters. The summed E-state index contributed by atoms with van der Waals surface area (Å²) >= 11 is 0. The maximum Gasteiger partial charge on any atom is 0.264 e. The molecule has 0 unspecified atom stereocenters. The van der Waals surface area contributed by atoms with Crippen molar-refractivity contribution in [1.29, 1.82) is 0 Å². The van der Waals surface area contributed by atoms with Crippen LogP contribution in [0.3, 0.4) is 0 Å². The van der Waals surface area contributed by atoms with Crippen molar-refractivity contribution >= 4 is 27.3 Å². The van der Waals surface area contributed by atoms with E-state index >= 15 is 0 Å². The number of amides is 1. The van der Waals surface area contributed by atoms with Crippen molar-refractivity contribution in [3.63, 3.8) is 0 Å². The minimum Gasteiger partial charge on any atom is -0.486 e. The van der Waals surface area contributed by atoms with Crippen molar-refractivity contribution in [2.24, 2.45) is 0 Å². The van der Waals surface area contributed by atoms with Gasteiger partial charge in [0.1, 0.15) is 25.6 Å². The van der Waals surface area contributed by atoms with E-state index in [-0.39, 0.29) is 10.6 Å². The summed E-state index contributed by atoms with van der Waals surface area (Å²) in [5.74, 6) is -0.295. The van der Waals surface area contributed by atoms with E-state index in [0.29, 0.717) is 30.4 Å². The molecule has 1 N–H and O–H groups in total. The normalized spacial score (nSPS) is 12.8. The van der Waals surface area contributed by atoms with Crippen LogP contribution in [-0.4, -0.2) is 34.1 Å². The van der Waals surface area contributed by atoms with Gasteiger partial charge in [-0.25, -0.2) is 12.8 Å². The van der Waals surface area contributed by atoms with Gasteiger partial charge in [0.05, 0.1) is 10.6 Å². The zero-order chi connectivity index (χ0) is 23.6. The van der Waals surface area contributed by atoms with E-state index in [1.54, 1.807) is 0 Å². The summed E-state index contributed by atoms with van der Waals surface area (Å²) in [4.78, 5) is 12.9. The largest absolute Gasteiger partial charge is 0.486 e. The van der Waals surface area contributed by atoms with Crippen molar-refractivity contribution in [3.05, 3.63) is 77.6 Å². The zero-order valence-corrected chi connectivity index (χ0v) is 19.0. The van der Waals surface area contributed by atoms with Crippen LogP contribution in [0.25, 0.3) is 0 Å². The molecule has 0 saturated carbocycles. The predicted octanol–water partition coefficient (Wildman–Crippen LogP) is 4.05. The Balaban J connectivity index is 1.69. The summed E-state index contributed by atoms with van der Waals surface area (Å²) in [6.07, 6.45) is 0. The van der Waals surface area contributed by atoms with Crippen LogP contribution in [0.2, 0.25) is 0 Å². The van der Waals surface area contributed by atoms with E-state index in [2.05, 4.69) is 5.32 Å². The van der Waals surface area contributed by atoms with Crippen LogP contribution in [0.15, 0.2) is 65.6 Å². The molecule has 1 aliphatic heterocycles. The van der Waals surface area contributed by atoms with Crippen molar-refractivity contribution in [2.75, 3.05) is 29.4 Å². The Morgan fingerprint density at radius 2 is 1.61 bits per heavy atom. The third-order valence-corrected chi connectivity index (χ3v) is 7.02. The second-order valence-electron chi connectivity index (χ2n) is 7.61. The average molecular weight is 471 g/mol. The Kier molecular flexibility index (Phi) is 6.24. The molecule has 4 rings (SSSR count). The highest BCUT2D eigenvalue weighted by molar-refractivity contribution is 7.92. The molecule has 1 heterocycles. The number of nitrogens with zero attached hydrogens (tertiary/aromatic N) is 1. The number of nitrogens with one attached hydrogen (secondary N) is 1. The number of hydrogen-bond acceptors (Lipinski definition) is 5. The standard InChI is InChI=1S/C24H23FN2O5S/c1-16-4-3-5-17(2)24(16)26-23(28)15-27(19-8-6-18(25)7-9-19)33(29,30)20-10-11-21-22(14-20)32-13-12-31-21/h3-11,14H,12-13,15H2,1-2H3,(H,26,28). The lowest BCUT2D eigenvalue weighted by Crippen LogP contribution is -2.38. The monoisotopic (exact) mass is 470 g/mol. The van der Waals surface area contributed by atoms with E-state index in [1.807, 2.05) is 32.0 Å². The summed E-state index contributed by atoms with van der Waals surface area (Å²) in [6, 6.07) is 14.8. The SMILES string of the molecule is Cc1cccc(C)c1NC(=O)CN(c1ccc(F)cc1)S(=O)(=O)c1ccc2c(c1)OCCO2. The molecule has 0 aromatic heterocycles. The fourth-order valence-corrected chi connectivity index (χ4v) is 4.99. The summed E-state index contributed by atoms with van der Waals surface area (Å²) in [7, 11) is -4.19. The summed E-state index contributed by atoms with van der Waals surface area (Å²) in [5.41, 5.74) is 2.49. The highest BCUT2D eigenvalue weighted by Crippen LogP contribution is 2.34. The smallest absolute Gasteiger partial charge is 0.264 e. The van der Waals surface area contributed by atoms with E-state index in [4.69, 9.17) is 9.47 Å². The summed E-state index contributed by atoms with van der Waals surface area (Å²) in [6.45, 7) is 3.88. The van der Waals surface area contributed by atoms with Crippen LogP contribution in [-0.2, 0) is 14.8 Å². The Morgan fingerprint density at radius 1 is 0.970 bits per heavy atom. The number of para-hydroxylation sites is 1. The molecule has 9 heteroatoms. The average Bonchev–Trinajstić information content (AvgIpc) is 2.80. The molecular weight excluding hydrogens is 447 g/mol. The number of carbonyl (C=O) groups is 1. The van der Waals surface area contributed by atoms with Crippen LogP contribution in [0.1, 0.15) is 11.1 Å². The van der Waals surface area contributed by atoms with Crippen LogP contribution in [0, 0.1) is 19.7 Å². The Labute approximate surface area is 191 Å². The van der Waals surface area contributed by atoms with E-state index < -0.39 is 28.3 Å². The second-order valence-corrected chi connectivity index (χ2v) is 9.47. The van der Waals surface area contributed by atoms with E-state index in [1.165, 1.54) is 30.3 Å². The quantitative estimate of drug-likeness (QED) is 0.588. The van der Waals surface area contributed by atoms with Gasteiger partial charge in [-0.2, -0.15) is 0 Å². The Bertz CT molecular complexity index is 1270. The van der Waals surface area contributed by atoms with Crippen molar-refractivity contribution < 1.29 is 27.1 Å². The highest BCUT2D eigenvalue weighted by Gasteiger charge is 2.29. The number of ether oxygens (including phenoxy) is 2. The van der Waals surface area contributed by atoms with Crippen molar-refractivity contribution in [2.45, 2.75) is 18.7 Å². The van der Waals surface area contributed by atoms with Gasteiger partial charge in [0.2, 0.25) is 5.91 Å². The van der Waals surface area contributed by atoms with E-state index in [0.717, 1.165) is 27.6 Å². The number of fused-ring (bicyclic) bond motifs is 1. The molecule has 0 radical (unpaired) electrons. The minimum atomic E-state index is -4.19. The van der Waals surface area contributed by atoms with Gasteiger partial charge in [0.15, 0.2) is 11.5 Å². The lowest BCUT2D eigenvalue weighted by atomic mass is 10.1. The topological polar surface area (TPSA) is 84.9 Å². The number of anilines is 2. The van der Waals surface area contributed by atoms with Crippen molar-refractivity contribution in [1.82, 2.24) is 0 Å². The van der Waals surface area contributed by atoms with Crippen LogP contribution in [0.5, 0.6) is 11.5 Å². The van der Waals surface area contributed by atoms with Gasteiger partial charge < -0.3 is 14.8 Å². The molecule has 3 aromatic rings. The van der Waals surface area contributed by atoms with Gasteiger partial charge in [0.25, 0.3) is 10.0 Å². The first-order chi connectivity index (χ1) is 15.8. The molecule has 172 valence electrons. The molecule has 33 heavy (non-hydrogen) atoms. The second kappa shape index (κ2) is 9.11. The third kappa shape index (κ3) is 4.78. The number of halogens is 1. The fraction of sp³-hybridized carbons (Fsp3) is 0.208. The first kappa shape index (κ1) is 22.6. The maximum atomic E-state index is 13.6. The number of benzene rings is 3. The van der Waals surface area contributed by atoms with Gasteiger partial charge >= 0.3 is 0 Å². The van der Waals surface area contributed by atoms with Crippen LogP contribution < -0.4 is 19.1 Å². The predicted molar refractivity (Wildman–Crippen MR) is 123 cm³/mol. The number of hydrogen-bond donors (Lipinski definition) is 1. The molecule has 0 saturated heterocycles. The molecule has 1 amide bonds.